The third kappa shape index (κ3) is 2.71. The van der Waals surface area contributed by atoms with Gasteiger partial charge in [0.05, 0.1) is 12.0 Å². The quantitative estimate of drug-likeness (QED) is 0.946. The van der Waals surface area contributed by atoms with Crippen molar-refractivity contribution in [1.82, 2.24) is 10.2 Å². The standard InChI is InChI=1S/C17H22N2O2S/c1-11-14-10-13(21-3)4-5-15(14)22-16(11)17(20)19-8-6-12(18-2)7-9-19/h4-5,10,12,18H,6-9H2,1-3H3. The Balaban J connectivity index is 1.86. The second kappa shape index (κ2) is 6.26. The third-order valence-electron chi connectivity index (χ3n) is 4.53. The molecule has 0 atom stereocenters. The summed E-state index contributed by atoms with van der Waals surface area (Å²) in [5.41, 5.74) is 1.07. The van der Waals surface area contributed by atoms with Crippen molar-refractivity contribution in [3.05, 3.63) is 28.6 Å². The highest BCUT2D eigenvalue weighted by atomic mass is 32.1. The highest BCUT2D eigenvalue weighted by Crippen LogP contribution is 2.34. The van der Waals surface area contributed by atoms with Crippen molar-refractivity contribution in [2.45, 2.75) is 25.8 Å². The van der Waals surface area contributed by atoms with Crippen LogP contribution in [0.25, 0.3) is 10.1 Å². The molecule has 1 amide bonds. The molecule has 4 nitrogen and oxygen atoms in total. The predicted molar refractivity (Wildman–Crippen MR) is 91.1 cm³/mol. The van der Waals surface area contributed by atoms with Crippen LogP contribution in [0, 0.1) is 6.92 Å². The van der Waals surface area contributed by atoms with Gasteiger partial charge in [0.2, 0.25) is 0 Å². The number of fused-ring (bicyclic) bond motifs is 1. The Hall–Kier alpha value is -1.59. The number of nitrogens with one attached hydrogen (secondary N) is 1. The first-order valence-corrected chi connectivity index (χ1v) is 8.49. The fourth-order valence-corrected chi connectivity index (χ4v) is 4.20. The Labute approximate surface area is 135 Å². The van der Waals surface area contributed by atoms with Gasteiger partial charge in [-0.1, -0.05) is 0 Å². The number of amides is 1. The van der Waals surface area contributed by atoms with Crippen LogP contribution in [-0.2, 0) is 0 Å². The number of carbonyl (C=O) groups is 1. The van der Waals surface area contributed by atoms with E-state index in [0.717, 1.165) is 52.2 Å². The van der Waals surface area contributed by atoms with Crippen LogP contribution in [0.5, 0.6) is 5.75 Å². The fourth-order valence-electron chi connectivity index (χ4n) is 3.05. The van der Waals surface area contributed by atoms with E-state index in [1.165, 1.54) is 0 Å². The van der Waals surface area contributed by atoms with Crippen molar-refractivity contribution in [3.8, 4) is 5.75 Å². The van der Waals surface area contributed by atoms with Crippen molar-refractivity contribution in [2.24, 2.45) is 0 Å². The molecule has 0 bridgehead atoms. The molecule has 5 heteroatoms. The van der Waals surface area contributed by atoms with Crippen LogP contribution >= 0.6 is 11.3 Å². The lowest BCUT2D eigenvalue weighted by molar-refractivity contribution is 0.0711. The van der Waals surface area contributed by atoms with E-state index >= 15 is 0 Å². The molecule has 1 aliphatic heterocycles. The van der Waals surface area contributed by atoms with E-state index in [9.17, 15) is 4.79 Å². The maximum atomic E-state index is 12.8. The molecule has 1 aromatic carbocycles. The molecule has 0 radical (unpaired) electrons. The average molecular weight is 318 g/mol. The van der Waals surface area contributed by atoms with Gasteiger partial charge in [-0.15, -0.1) is 11.3 Å². The second-order valence-electron chi connectivity index (χ2n) is 5.77. The molecule has 2 heterocycles. The Bertz CT molecular complexity index is 687. The van der Waals surface area contributed by atoms with Gasteiger partial charge < -0.3 is 15.0 Å². The van der Waals surface area contributed by atoms with Crippen LogP contribution in [0.3, 0.4) is 0 Å². The first kappa shape index (κ1) is 15.3. The molecule has 1 aliphatic rings. The number of aryl methyl sites for hydroxylation is 1. The predicted octanol–water partition coefficient (Wildman–Crippen LogP) is 3.04. The highest BCUT2D eigenvalue weighted by molar-refractivity contribution is 7.21. The number of hydrogen-bond donors (Lipinski definition) is 1. The lowest BCUT2D eigenvalue weighted by atomic mass is 10.0. The number of ether oxygens (including phenoxy) is 1. The zero-order valence-corrected chi connectivity index (χ0v) is 14.1. The lowest BCUT2D eigenvalue weighted by Gasteiger charge is -2.31. The van der Waals surface area contributed by atoms with Crippen molar-refractivity contribution in [3.63, 3.8) is 0 Å². The fraction of sp³-hybridized carbons (Fsp3) is 0.471. The minimum Gasteiger partial charge on any atom is -0.497 e. The minimum atomic E-state index is 0.173. The zero-order valence-electron chi connectivity index (χ0n) is 13.3. The van der Waals surface area contributed by atoms with Gasteiger partial charge in [-0.2, -0.15) is 0 Å². The van der Waals surface area contributed by atoms with Gasteiger partial charge in [0, 0.05) is 23.8 Å². The van der Waals surface area contributed by atoms with Gasteiger partial charge in [0.25, 0.3) is 5.91 Å². The van der Waals surface area contributed by atoms with Gasteiger partial charge in [-0.3, -0.25) is 4.79 Å². The van der Waals surface area contributed by atoms with E-state index in [0.29, 0.717) is 6.04 Å². The molecule has 0 saturated carbocycles. The first-order chi connectivity index (χ1) is 10.6. The van der Waals surface area contributed by atoms with E-state index in [-0.39, 0.29) is 5.91 Å². The molecule has 1 N–H and O–H groups in total. The van der Waals surface area contributed by atoms with Crippen LogP contribution in [-0.4, -0.2) is 44.1 Å². The molecule has 118 valence electrons. The van der Waals surface area contributed by atoms with E-state index in [4.69, 9.17) is 4.74 Å². The van der Waals surface area contributed by atoms with E-state index in [1.54, 1.807) is 18.4 Å². The molecule has 0 spiro atoms. The summed E-state index contributed by atoms with van der Waals surface area (Å²) in [6.45, 7) is 3.70. The minimum absolute atomic E-state index is 0.173. The first-order valence-electron chi connectivity index (χ1n) is 7.67. The monoisotopic (exact) mass is 318 g/mol. The highest BCUT2D eigenvalue weighted by Gasteiger charge is 2.25. The SMILES string of the molecule is CNC1CCN(C(=O)c2sc3ccc(OC)cc3c2C)CC1. The zero-order chi connectivity index (χ0) is 15.7. The smallest absolute Gasteiger partial charge is 0.264 e. The molecular formula is C17H22N2O2S. The van der Waals surface area contributed by atoms with E-state index in [1.807, 2.05) is 37.1 Å². The lowest BCUT2D eigenvalue weighted by Crippen LogP contribution is -2.43. The number of likely N-dealkylation sites (tertiary alicyclic amines) is 1. The normalized spacial score (nSPS) is 16.2. The third-order valence-corrected chi connectivity index (χ3v) is 5.79. The van der Waals surface area contributed by atoms with Crippen LogP contribution in [0.1, 0.15) is 28.1 Å². The van der Waals surface area contributed by atoms with Gasteiger partial charge in [0.1, 0.15) is 5.75 Å². The molecule has 22 heavy (non-hydrogen) atoms. The van der Waals surface area contributed by atoms with Gasteiger partial charge in [0.15, 0.2) is 0 Å². The molecule has 0 aliphatic carbocycles. The number of thiophene rings is 1. The maximum absolute atomic E-state index is 12.8. The number of piperidine rings is 1. The summed E-state index contributed by atoms with van der Waals surface area (Å²) < 4.78 is 6.43. The summed E-state index contributed by atoms with van der Waals surface area (Å²) in [6.07, 6.45) is 2.06. The average Bonchev–Trinajstić information content (AvgIpc) is 2.90. The van der Waals surface area contributed by atoms with Crippen LogP contribution in [0.4, 0.5) is 0 Å². The number of carbonyl (C=O) groups excluding carboxylic acids is 1. The Morgan fingerprint density at radius 1 is 1.36 bits per heavy atom. The molecular weight excluding hydrogens is 296 g/mol. The van der Waals surface area contributed by atoms with Gasteiger partial charge in [-0.05, 0) is 56.0 Å². The van der Waals surface area contributed by atoms with Crippen LogP contribution in [0.15, 0.2) is 18.2 Å². The summed E-state index contributed by atoms with van der Waals surface area (Å²) in [7, 11) is 3.66. The van der Waals surface area contributed by atoms with Crippen molar-refractivity contribution in [1.29, 1.82) is 0 Å². The molecule has 1 aromatic heterocycles. The number of benzene rings is 1. The van der Waals surface area contributed by atoms with Crippen LogP contribution < -0.4 is 10.1 Å². The Morgan fingerprint density at radius 2 is 2.09 bits per heavy atom. The molecule has 2 aromatic rings. The summed E-state index contributed by atoms with van der Waals surface area (Å²) in [4.78, 5) is 15.7. The van der Waals surface area contributed by atoms with Gasteiger partial charge in [-0.25, -0.2) is 0 Å². The summed E-state index contributed by atoms with van der Waals surface area (Å²) >= 11 is 1.59. The summed E-state index contributed by atoms with van der Waals surface area (Å²) in [5.74, 6) is 1.01. The van der Waals surface area contributed by atoms with Crippen molar-refractivity contribution >= 4 is 27.3 Å². The topological polar surface area (TPSA) is 41.6 Å². The molecule has 3 rings (SSSR count). The second-order valence-corrected chi connectivity index (χ2v) is 6.83. The van der Waals surface area contributed by atoms with Crippen molar-refractivity contribution < 1.29 is 9.53 Å². The van der Waals surface area contributed by atoms with Crippen LogP contribution in [0.2, 0.25) is 0 Å². The number of methoxy groups -OCH3 is 1. The van der Waals surface area contributed by atoms with E-state index < -0.39 is 0 Å². The van der Waals surface area contributed by atoms with Gasteiger partial charge >= 0.3 is 0 Å². The van der Waals surface area contributed by atoms with Crippen molar-refractivity contribution in [2.75, 3.05) is 27.2 Å². The molecule has 0 unspecified atom stereocenters. The number of nitrogens with zero attached hydrogens (tertiary/aromatic N) is 1. The molecule has 1 fully saturated rings. The number of hydrogen-bond acceptors (Lipinski definition) is 4. The Morgan fingerprint density at radius 3 is 2.73 bits per heavy atom. The summed E-state index contributed by atoms with van der Waals surface area (Å²) in [6, 6.07) is 6.54. The molecule has 1 saturated heterocycles. The number of rotatable bonds is 3. The summed E-state index contributed by atoms with van der Waals surface area (Å²) in [5, 5.41) is 4.42. The van der Waals surface area contributed by atoms with E-state index in [2.05, 4.69) is 5.32 Å². The maximum Gasteiger partial charge on any atom is 0.264 e. The Kier molecular flexibility index (Phi) is 4.36. The largest absolute Gasteiger partial charge is 0.497 e.